The summed E-state index contributed by atoms with van der Waals surface area (Å²) in [6, 6.07) is 13.6. The zero-order valence-corrected chi connectivity index (χ0v) is 12.9. The van der Waals surface area contributed by atoms with Crippen molar-refractivity contribution < 1.29 is 0 Å². The highest BCUT2D eigenvalue weighted by molar-refractivity contribution is 5.21. The molecule has 1 aromatic heterocycles. The highest BCUT2D eigenvalue weighted by atomic mass is 15.3. The number of benzene rings is 1. The Labute approximate surface area is 122 Å². The molecular formula is C17H25N3. The molecule has 0 spiro atoms. The molecule has 2 unspecified atom stereocenters. The summed E-state index contributed by atoms with van der Waals surface area (Å²) in [5, 5.41) is 8.09. The molecule has 0 amide bonds. The van der Waals surface area contributed by atoms with Crippen LogP contribution in [0.5, 0.6) is 0 Å². The lowest BCUT2D eigenvalue weighted by atomic mass is 9.90. The number of aromatic nitrogens is 2. The van der Waals surface area contributed by atoms with Crippen LogP contribution in [0.4, 0.5) is 0 Å². The van der Waals surface area contributed by atoms with E-state index in [9.17, 15) is 0 Å². The Kier molecular flexibility index (Phi) is 4.96. The van der Waals surface area contributed by atoms with Crippen LogP contribution >= 0.6 is 0 Å². The van der Waals surface area contributed by atoms with Gasteiger partial charge >= 0.3 is 0 Å². The van der Waals surface area contributed by atoms with E-state index in [2.05, 4.69) is 73.8 Å². The molecule has 108 valence electrons. The maximum atomic E-state index is 4.65. The fraction of sp³-hybridized carbons (Fsp3) is 0.471. The minimum atomic E-state index is 0.396. The van der Waals surface area contributed by atoms with Crippen molar-refractivity contribution in [1.82, 2.24) is 15.1 Å². The molecule has 0 fully saturated rings. The first kappa shape index (κ1) is 14.8. The summed E-state index contributed by atoms with van der Waals surface area (Å²) in [5.74, 6) is 0.463. The fourth-order valence-electron chi connectivity index (χ4n) is 2.52. The van der Waals surface area contributed by atoms with E-state index in [0.29, 0.717) is 18.0 Å². The predicted molar refractivity (Wildman–Crippen MR) is 84.0 cm³/mol. The van der Waals surface area contributed by atoms with Gasteiger partial charge in [-0.25, -0.2) is 0 Å². The van der Waals surface area contributed by atoms with Gasteiger partial charge in [-0.05, 0) is 38.4 Å². The van der Waals surface area contributed by atoms with Crippen LogP contribution in [0.25, 0.3) is 0 Å². The number of nitrogens with zero attached hydrogens (tertiary/aromatic N) is 2. The number of likely N-dealkylation sites (N-methyl/N-ethyl adjacent to an activating group) is 1. The molecule has 0 bridgehead atoms. The van der Waals surface area contributed by atoms with Gasteiger partial charge in [0.2, 0.25) is 0 Å². The van der Waals surface area contributed by atoms with Crippen molar-refractivity contribution in [3.05, 3.63) is 53.9 Å². The molecule has 0 radical (unpaired) electrons. The van der Waals surface area contributed by atoms with Gasteiger partial charge < -0.3 is 5.32 Å². The van der Waals surface area contributed by atoms with E-state index in [1.165, 1.54) is 5.56 Å². The van der Waals surface area contributed by atoms with E-state index < -0.39 is 0 Å². The molecule has 0 saturated carbocycles. The fourth-order valence-corrected chi connectivity index (χ4v) is 2.52. The van der Waals surface area contributed by atoms with Crippen molar-refractivity contribution in [2.45, 2.75) is 45.2 Å². The topological polar surface area (TPSA) is 29.9 Å². The molecule has 0 aliphatic carbocycles. The van der Waals surface area contributed by atoms with Crippen LogP contribution in [0.2, 0.25) is 0 Å². The van der Waals surface area contributed by atoms with E-state index in [1.54, 1.807) is 0 Å². The zero-order valence-electron chi connectivity index (χ0n) is 12.9. The number of nitrogens with one attached hydrogen (secondary N) is 1. The van der Waals surface area contributed by atoms with Crippen molar-refractivity contribution >= 4 is 0 Å². The van der Waals surface area contributed by atoms with Gasteiger partial charge in [0.25, 0.3) is 0 Å². The molecule has 1 aromatic carbocycles. The first-order valence-corrected chi connectivity index (χ1v) is 7.38. The van der Waals surface area contributed by atoms with Gasteiger partial charge in [0, 0.05) is 24.7 Å². The van der Waals surface area contributed by atoms with Crippen LogP contribution in [0, 0.1) is 0 Å². The molecule has 2 rings (SSSR count). The SMILES string of the molecule is CNC(Cc1ccn(C(C)C)n1)C(C)c1ccccc1. The summed E-state index contributed by atoms with van der Waals surface area (Å²) in [5.41, 5.74) is 2.52. The molecule has 3 heteroatoms. The van der Waals surface area contributed by atoms with Crippen molar-refractivity contribution in [2.75, 3.05) is 7.05 Å². The van der Waals surface area contributed by atoms with Gasteiger partial charge in [0.05, 0.1) is 5.69 Å². The first-order chi connectivity index (χ1) is 9.61. The Hall–Kier alpha value is -1.61. The first-order valence-electron chi connectivity index (χ1n) is 7.38. The average molecular weight is 271 g/mol. The molecule has 2 atom stereocenters. The Morgan fingerprint density at radius 1 is 1.10 bits per heavy atom. The number of rotatable bonds is 6. The molecular weight excluding hydrogens is 246 g/mol. The van der Waals surface area contributed by atoms with Crippen LogP contribution in [0.1, 0.15) is 44.0 Å². The molecule has 20 heavy (non-hydrogen) atoms. The van der Waals surface area contributed by atoms with E-state index in [0.717, 1.165) is 12.1 Å². The Bertz CT molecular complexity index is 516. The summed E-state index contributed by atoms with van der Waals surface area (Å²) in [4.78, 5) is 0. The van der Waals surface area contributed by atoms with Crippen molar-refractivity contribution in [3.8, 4) is 0 Å². The van der Waals surface area contributed by atoms with E-state index in [4.69, 9.17) is 0 Å². The Morgan fingerprint density at radius 3 is 2.35 bits per heavy atom. The monoisotopic (exact) mass is 271 g/mol. The molecule has 0 aliphatic heterocycles. The van der Waals surface area contributed by atoms with E-state index >= 15 is 0 Å². The number of hydrogen-bond acceptors (Lipinski definition) is 2. The standard InChI is InChI=1S/C17H25N3/c1-13(2)20-11-10-16(19-20)12-17(18-4)14(3)15-8-6-5-7-9-15/h5-11,13-14,17-18H,12H2,1-4H3. The molecule has 1 N–H and O–H groups in total. The van der Waals surface area contributed by atoms with Gasteiger partial charge in [-0.1, -0.05) is 37.3 Å². The smallest absolute Gasteiger partial charge is 0.0640 e. The second kappa shape index (κ2) is 6.71. The Balaban J connectivity index is 2.08. The van der Waals surface area contributed by atoms with Crippen LogP contribution in [0.15, 0.2) is 42.6 Å². The summed E-state index contributed by atoms with van der Waals surface area (Å²) >= 11 is 0. The van der Waals surface area contributed by atoms with Crippen molar-refractivity contribution in [2.24, 2.45) is 0 Å². The van der Waals surface area contributed by atoms with Crippen LogP contribution in [0.3, 0.4) is 0 Å². The molecule has 3 nitrogen and oxygen atoms in total. The Morgan fingerprint density at radius 2 is 1.80 bits per heavy atom. The predicted octanol–water partition coefficient (Wildman–Crippen LogP) is 3.40. The highest BCUT2D eigenvalue weighted by Crippen LogP contribution is 2.21. The second-order valence-corrected chi connectivity index (χ2v) is 5.68. The zero-order chi connectivity index (χ0) is 14.5. The highest BCUT2D eigenvalue weighted by Gasteiger charge is 2.18. The molecule has 1 heterocycles. The lowest BCUT2D eigenvalue weighted by molar-refractivity contribution is 0.468. The maximum Gasteiger partial charge on any atom is 0.0640 e. The molecule has 0 saturated heterocycles. The molecule has 2 aromatic rings. The van der Waals surface area contributed by atoms with Crippen LogP contribution < -0.4 is 5.32 Å². The maximum absolute atomic E-state index is 4.65. The van der Waals surface area contributed by atoms with E-state index in [-0.39, 0.29) is 0 Å². The van der Waals surface area contributed by atoms with Gasteiger partial charge in [-0.2, -0.15) is 5.10 Å². The summed E-state index contributed by atoms with van der Waals surface area (Å²) < 4.78 is 2.02. The normalized spacial score (nSPS) is 14.4. The van der Waals surface area contributed by atoms with Crippen molar-refractivity contribution in [1.29, 1.82) is 0 Å². The lowest BCUT2D eigenvalue weighted by Crippen LogP contribution is -2.33. The van der Waals surface area contributed by atoms with Gasteiger partial charge in [-0.15, -0.1) is 0 Å². The quantitative estimate of drug-likeness (QED) is 0.872. The largest absolute Gasteiger partial charge is 0.316 e. The molecule has 0 aliphatic rings. The van der Waals surface area contributed by atoms with Crippen LogP contribution in [-0.4, -0.2) is 22.9 Å². The third-order valence-corrected chi connectivity index (χ3v) is 3.92. The minimum absolute atomic E-state index is 0.396. The summed E-state index contributed by atoms with van der Waals surface area (Å²) in [7, 11) is 2.03. The minimum Gasteiger partial charge on any atom is -0.316 e. The summed E-state index contributed by atoms with van der Waals surface area (Å²) in [6.07, 6.45) is 3.02. The van der Waals surface area contributed by atoms with Gasteiger partial charge in [-0.3, -0.25) is 4.68 Å². The summed E-state index contributed by atoms with van der Waals surface area (Å²) in [6.45, 7) is 6.58. The van der Waals surface area contributed by atoms with Crippen molar-refractivity contribution in [3.63, 3.8) is 0 Å². The third kappa shape index (κ3) is 3.48. The van der Waals surface area contributed by atoms with Gasteiger partial charge in [0.1, 0.15) is 0 Å². The average Bonchev–Trinajstić information content (AvgIpc) is 2.94. The van der Waals surface area contributed by atoms with Gasteiger partial charge in [0.15, 0.2) is 0 Å². The van der Waals surface area contributed by atoms with E-state index in [1.807, 2.05) is 11.7 Å². The lowest BCUT2D eigenvalue weighted by Gasteiger charge is -2.23. The second-order valence-electron chi connectivity index (χ2n) is 5.68. The van der Waals surface area contributed by atoms with Crippen LogP contribution in [-0.2, 0) is 6.42 Å². The third-order valence-electron chi connectivity index (χ3n) is 3.92. The number of hydrogen-bond donors (Lipinski definition) is 1.